The average molecular weight is 639 g/mol. The molecule has 8 nitrogen and oxygen atoms in total. The molecule has 0 aliphatic heterocycles. The lowest BCUT2D eigenvalue weighted by Crippen LogP contribution is -2.23. The number of nitrogens with zero attached hydrogens (tertiary/aromatic N) is 4. The first-order chi connectivity index (χ1) is 20.5. The number of carbonyl (C=O) groups is 2. The molecule has 0 bridgehead atoms. The highest BCUT2D eigenvalue weighted by Gasteiger charge is 2.18. The number of thioether (sulfide) groups is 1. The van der Waals surface area contributed by atoms with Crippen molar-refractivity contribution in [3.05, 3.63) is 11.1 Å². The molecule has 0 saturated carbocycles. The van der Waals surface area contributed by atoms with E-state index in [1.165, 1.54) is 64.2 Å². The Morgan fingerprint density at radius 3 is 1.88 bits per heavy atom. The summed E-state index contributed by atoms with van der Waals surface area (Å²) in [5, 5.41) is 1.03. The number of rotatable bonds is 22. The van der Waals surface area contributed by atoms with Crippen molar-refractivity contribution in [2.75, 3.05) is 5.75 Å². The fourth-order valence-corrected chi connectivity index (χ4v) is 6.23. The van der Waals surface area contributed by atoms with Gasteiger partial charge in [0, 0.05) is 25.1 Å². The number of esters is 2. The third-order valence-electron chi connectivity index (χ3n) is 7.05. The third-order valence-corrected chi connectivity index (χ3v) is 8.27. The number of carbonyl (C=O) groups excluding carboxylic acids is 2. The van der Waals surface area contributed by atoms with Crippen LogP contribution in [0.3, 0.4) is 0 Å². The molecule has 0 unspecified atom stereocenters. The van der Waals surface area contributed by atoms with Crippen molar-refractivity contribution in [2.24, 2.45) is 0 Å². The number of imidazole rings is 1. The molecule has 2 aromatic rings. The number of hydrogen-bond donors (Lipinski definition) is 0. The molecule has 10 heteroatoms. The molecule has 2 rings (SSSR count). The molecular formula is C33H55ClN4O4S. The van der Waals surface area contributed by atoms with E-state index in [2.05, 4.69) is 19.5 Å². The van der Waals surface area contributed by atoms with E-state index >= 15 is 0 Å². The first-order valence-electron chi connectivity index (χ1n) is 16.4. The van der Waals surface area contributed by atoms with Crippen LogP contribution < -0.4 is 0 Å². The summed E-state index contributed by atoms with van der Waals surface area (Å²) in [5.74, 6) is 1.43. The van der Waals surface area contributed by atoms with Crippen LogP contribution in [-0.2, 0) is 25.6 Å². The Morgan fingerprint density at radius 2 is 1.33 bits per heavy atom. The summed E-state index contributed by atoms with van der Waals surface area (Å²) >= 11 is 7.81. The third kappa shape index (κ3) is 16.1. The fourth-order valence-electron chi connectivity index (χ4n) is 5.05. The zero-order valence-corrected chi connectivity index (χ0v) is 29.1. The quantitative estimate of drug-likeness (QED) is 0.0414. The van der Waals surface area contributed by atoms with Gasteiger partial charge in [0.25, 0.3) is 0 Å². The van der Waals surface area contributed by atoms with Gasteiger partial charge >= 0.3 is 11.9 Å². The summed E-state index contributed by atoms with van der Waals surface area (Å²) in [5.41, 5.74) is 1.12. The van der Waals surface area contributed by atoms with Crippen molar-refractivity contribution in [3.63, 3.8) is 0 Å². The summed E-state index contributed by atoms with van der Waals surface area (Å²) < 4.78 is 12.8. The lowest BCUT2D eigenvalue weighted by Gasteiger charge is -2.19. The topological polar surface area (TPSA) is 96.2 Å². The molecule has 2 heterocycles. The predicted molar refractivity (Wildman–Crippen MR) is 177 cm³/mol. The fraction of sp³-hybridized carbons (Fsp3) is 0.788. The van der Waals surface area contributed by atoms with E-state index in [1.54, 1.807) is 11.8 Å². The number of unbranched alkanes of at least 4 members (excludes halogenated alkanes) is 12. The largest absolute Gasteiger partial charge is 0.463 e. The van der Waals surface area contributed by atoms with Crippen LogP contribution in [0.2, 0.25) is 5.28 Å². The van der Waals surface area contributed by atoms with Crippen molar-refractivity contribution < 1.29 is 19.1 Å². The number of ether oxygens (including phenoxy) is 2. The number of aromatic nitrogens is 4. The Morgan fingerprint density at radius 1 is 0.791 bits per heavy atom. The molecule has 0 N–H and O–H groups in total. The van der Waals surface area contributed by atoms with Crippen molar-refractivity contribution in [2.45, 2.75) is 168 Å². The Hall–Kier alpha value is -1.87. The van der Waals surface area contributed by atoms with Gasteiger partial charge in [-0.25, -0.2) is 9.97 Å². The zero-order chi connectivity index (χ0) is 31.7. The number of halogens is 1. The SMILES string of the molecule is Cc1nc2nc(Cl)nc(SCCCC(=O)OC(C)(C)C)c2n1CCCCCCCCCCCCCCCC(=O)OC(C)C. The monoisotopic (exact) mass is 638 g/mol. The molecule has 0 saturated heterocycles. The van der Waals surface area contributed by atoms with Gasteiger partial charge in [0.15, 0.2) is 5.65 Å². The molecule has 43 heavy (non-hydrogen) atoms. The molecular weight excluding hydrogens is 584 g/mol. The summed E-state index contributed by atoms with van der Waals surface area (Å²) in [6.07, 6.45) is 17.6. The molecule has 0 aliphatic rings. The minimum atomic E-state index is -0.463. The molecule has 0 radical (unpaired) electrons. The molecule has 244 valence electrons. The summed E-state index contributed by atoms with van der Waals surface area (Å²) in [6.45, 7) is 12.3. The van der Waals surface area contributed by atoms with E-state index in [0.717, 1.165) is 47.9 Å². The van der Waals surface area contributed by atoms with Crippen LogP contribution >= 0.6 is 23.4 Å². The lowest BCUT2D eigenvalue weighted by atomic mass is 10.0. The van der Waals surface area contributed by atoms with Crippen LogP contribution in [-0.4, -0.2) is 48.9 Å². The maximum Gasteiger partial charge on any atom is 0.306 e. The normalized spacial score (nSPS) is 11.9. The van der Waals surface area contributed by atoms with E-state index in [9.17, 15) is 9.59 Å². The van der Waals surface area contributed by atoms with Crippen molar-refractivity contribution in [3.8, 4) is 0 Å². The second kappa shape index (κ2) is 20.2. The van der Waals surface area contributed by atoms with Crippen molar-refractivity contribution in [1.29, 1.82) is 0 Å². The Labute approximate surface area is 268 Å². The molecule has 0 fully saturated rings. The van der Waals surface area contributed by atoms with E-state index < -0.39 is 5.60 Å². The van der Waals surface area contributed by atoms with E-state index in [0.29, 0.717) is 24.9 Å². The highest BCUT2D eigenvalue weighted by molar-refractivity contribution is 7.99. The van der Waals surface area contributed by atoms with Crippen molar-refractivity contribution >= 4 is 46.5 Å². The van der Waals surface area contributed by atoms with Gasteiger partial charge in [0.1, 0.15) is 22.0 Å². The van der Waals surface area contributed by atoms with E-state index in [1.807, 2.05) is 41.5 Å². The molecule has 2 aromatic heterocycles. The van der Waals surface area contributed by atoms with Gasteiger partial charge in [0.05, 0.1) is 6.10 Å². The van der Waals surface area contributed by atoms with Crippen LogP contribution in [0, 0.1) is 6.92 Å². The van der Waals surface area contributed by atoms with E-state index in [4.69, 9.17) is 21.1 Å². The van der Waals surface area contributed by atoms with Gasteiger partial charge in [-0.1, -0.05) is 70.6 Å². The van der Waals surface area contributed by atoms with Gasteiger partial charge < -0.3 is 14.0 Å². The van der Waals surface area contributed by atoms with Crippen molar-refractivity contribution in [1.82, 2.24) is 19.5 Å². The highest BCUT2D eigenvalue weighted by Crippen LogP contribution is 2.29. The molecule has 0 amide bonds. The maximum absolute atomic E-state index is 12.0. The smallest absolute Gasteiger partial charge is 0.306 e. The lowest BCUT2D eigenvalue weighted by molar-refractivity contribution is -0.154. The Kier molecular flexibility index (Phi) is 17.5. The van der Waals surface area contributed by atoms with Crippen LogP contribution in [0.1, 0.15) is 143 Å². The second-order valence-electron chi connectivity index (χ2n) is 12.7. The van der Waals surface area contributed by atoms with Crippen LogP contribution in [0.15, 0.2) is 5.03 Å². The highest BCUT2D eigenvalue weighted by atomic mass is 35.5. The minimum absolute atomic E-state index is 0.00924. The Balaban J connectivity index is 1.60. The number of hydrogen-bond acceptors (Lipinski definition) is 8. The summed E-state index contributed by atoms with van der Waals surface area (Å²) in [4.78, 5) is 37.1. The molecule has 0 spiro atoms. The molecule has 0 aliphatic carbocycles. The number of fused-ring (bicyclic) bond motifs is 1. The van der Waals surface area contributed by atoms with Crippen LogP contribution in [0.5, 0.6) is 0 Å². The van der Waals surface area contributed by atoms with Crippen LogP contribution in [0.4, 0.5) is 0 Å². The number of aryl methyl sites for hydroxylation is 2. The first kappa shape index (κ1) is 37.3. The first-order valence-corrected chi connectivity index (χ1v) is 17.8. The second-order valence-corrected chi connectivity index (χ2v) is 14.1. The maximum atomic E-state index is 12.0. The summed E-state index contributed by atoms with van der Waals surface area (Å²) in [7, 11) is 0. The predicted octanol–water partition coefficient (Wildman–Crippen LogP) is 9.42. The standard InChI is InChI=1S/C33H55ClN4O4S/c1-25(2)41-27(39)21-18-16-14-12-10-8-7-9-11-13-15-17-19-23-38-26(3)35-30-29(38)31(37-32(34)36-30)43-24-20-22-28(40)42-33(4,5)6/h25H,7-24H2,1-6H3. The Bertz CT molecular complexity index is 1120. The van der Waals surface area contributed by atoms with E-state index in [-0.39, 0.29) is 23.3 Å². The summed E-state index contributed by atoms with van der Waals surface area (Å²) in [6, 6.07) is 0. The van der Waals surface area contributed by atoms with Gasteiger partial charge in [-0.05, 0) is 72.4 Å². The van der Waals surface area contributed by atoms with Gasteiger partial charge in [-0.2, -0.15) is 4.98 Å². The minimum Gasteiger partial charge on any atom is -0.463 e. The van der Waals surface area contributed by atoms with Gasteiger partial charge in [0.2, 0.25) is 5.28 Å². The van der Waals surface area contributed by atoms with Gasteiger partial charge in [-0.15, -0.1) is 11.8 Å². The van der Waals surface area contributed by atoms with Crippen LogP contribution in [0.25, 0.3) is 11.2 Å². The average Bonchev–Trinajstić information content (AvgIpc) is 3.21. The molecule has 0 atom stereocenters. The zero-order valence-electron chi connectivity index (χ0n) is 27.5. The molecule has 0 aromatic carbocycles. The van der Waals surface area contributed by atoms with Gasteiger partial charge in [-0.3, -0.25) is 9.59 Å².